The number of benzene rings is 15. The van der Waals surface area contributed by atoms with Crippen molar-refractivity contribution in [2.45, 2.75) is 62.3 Å². The summed E-state index contributed by atoms with van der Waals surface area (Å²) in [5.41, 5.74) is 5.19. The Morgan fingerprint density at radius 1 is 0.165 bits per heavy atom. The van der Waals surface area contributed by atoms with Gasteiger partial charge in [0.2, 0.25) is 0 Å². The average molecular weight is 1500 g/mol. The Morgan fingerprint density at radius 2 is 0.296 bits per heavy atom. The fourth-order valence-electron chi connectivity index (χ4n) is 14.6. The Bertz CT molecular complexity index is 5870. The van der Waals surface area contributed by atoms with Gasteiger partial charge in [-0.3, -0.25) is 43.2 Å². The summed E-state index contributed by atoms with van der Waals surface area (Å²) in [6, 6.07) is 80.1. The predicted octanol–water partition coefficient (Wildman–Crippen LogP) is 21.5. The molecule has 0 saturated heterocycles. The molecule has 15 rings (SSSR count). The number of rotatable bonds is 24. The van der Waals surface area contributed by atoms with Crippen LogP contribution < -0.4 is 14.0 Å². The molecule has 0 spiro atoms. The summed E-state index contributed by atoms with van der Waals surface area (Å²) >= 11 is 0. The van der Waals surface area contributed by atoms with Crippen LogP contribution in [0.15, 0.2) is 291 Å². The molecule has 558 valence electrons. The number of hydrogen-bond acceptors (Lipinski definition) is 12. The third kappa shape index (κ3) is 14.9. The Balaban J connectivity index is 1.13. The van der Waals surface area contributed by atoms with Crippen molar-refractivity contribution in [3.8, 4) is 17.2 Å². The lowest BCUT2D eigenvalue weighted by Crippen LogP contribution is -2.39. The molecule has 0 radical (unpaired) electrons. The van der Waals surface area contributed by atoms with Crippen molar-refractivity contribution in [2.75, 3.05) is 0 Å². The summed E-state index contributed by atoms with van der Waals surface area (Å²) in [7, 11) is -2.53. The summed E-state index contributed by atoms with van der Waals surface area (Å²) in [6.45, 7) is 16.7. The van der Waals surface area contributed by atoms with Crippen LogP contribution in [0, 0.1) is 62.3 Å². The van der Waals surface area contributed by atoms with Crippen molar-refractivity contribution in [1.29, 1.82) is 0 Å². The topological polar surface area (TPSA) is 181 Å². The van der Waals surface area contributed by atoms with Crippen molar-refractivity contribution < 1.29 is 57.1 Å². The Hall–Kier alpha value is -14.4. The molecule has 0 aliphatic heterocycles. The zero-order chi connectivity index (χ0) is 80.6. The van der Waals surface area contributed by atoms with Crippen molar-refractivity contribution in [2.24, 2.45) is 0 Å². The number of carbonyl (C=O) groups is 9. The standard InChI is InChI=1S/C102H75BO12/c1-58-22-40-67(41-23-58)91(104)82-76-16-10-13-19-79(76)100(88(97(110)73-52-34-64(7)35-53-73)85(82)94(107)70-46-28-61(4)29-47-70)113-103(114-101-80-20-14-11-17-77(80)83(92(105)68-42-24-59(2)25-43-68)86(95(108)71-48-30-62(5)31-49-71)89(101)98(111)74-54-36-65(8)37-55-74)115-102-81-21-15-12-18-78(81)84(93(106)69-44-26-60(3)27-45-69)87(96(109)72-50-32-63(6)33-51-72)90(102)99(112)75-56-38-66(9)39-57-75/h10-57H,1-9H3. The molecule has 0 fully saturated rings. The Morgan fingerprint density at radius 3 is 0.452 bits per heavy atom. The van der Waals surface area contributed by atoms with Crippen LogP contribution in [0.1, 0.15) is 193 Å². The van der Waals surface area contributed by atoms with Gasteiger partial charge in [-0.1, -0.05) is 341 Å². The second-order valence-corrected chi connectivity index (χ2v) is 29.4. The quantitative estimate of drug-likeness (QED) is 0.0413. The van der Waals surface area contributed by atoms with Crippen LogP contribution in [0.5, 0.6) is 17.2 Å². The van der Waals surface area contributed by atoms with Gasteiger partial charge < -0.3 is 14.0 Å². The minimum Gasteiger partial charge on any atom is -0.488 e. The first-order valence-electron chi connectivity index (χ1n) is 37.8. The van der Waals surface area contributed by atoms with Crippen LogP contribution in [-0.4, -0.2) is 59.4 Å². The van der Waals surface area contributed by atoms with E-state index in [4.69, 9.17) is 14.0 Å². The van der Waals surface area contributed by atoms with E-state index in [9.17, 15) is 0 Å². The molecule has 0 aromatic heterocycles. The maximum atomic E-state index is 16.9. The summed E-state index contributed by atoms with van der Waals surface area (Å²) in [5, 5.41) is 0.515. The fraction of sp³-hybridized carbons (Fsp3) is 0.0882. The molecule has 0 amide bonds. The second-order valence-electron chi connectivity index (χ2n) is 29.4. The maximum Gasteiger partial charge on any atom is 0.864 e. The maximum absolute atomic E-state index is 16.9. The zero-order valence-corrected chi connectivity index (χ0v) is 64.7. The van der Waals surface area contributed by atoms with Gasteiger partial charge in [0.05, 0.1) is 16.7 Å². The van der Waals surface area contributed by atoms with E-state index in [1.807, 2.05) is 62.3 Å². The highest BCUT2D eigenvalue weighted by atomic mass is 16.7. The molecule has 0 saturated carbocycles. The molecule has 0 atom stereocenters. The van der Waals surface area contributed by atoms with Crippen LogP contribution in [0.3, 0.4) is 0 Å². The third-order valence-electron chi connectivity index (χ3n) is 21.0. The lowest BCUT2D eigenvalue weighted by atomic mass is 9.81. The summed E-state index contributed by atoms with van der Waals surface area (Å²) < 4.78 is 23.1. The first-order valence-corrected chi connectivity index (χ1v) is 37.8. The highest BCUT2D eigenvalue weighted by molar-refractivity contribution is 6.44. The monoisotopic (exact) mass is 1500 g/mol. The van der Waals surface area contributed by atoms with E-state index in [0.29, 0.717) is 0 Å². The van der Waals surface area contributed by atoms with E-state index in [1.54, 1.807) is 291 Å². The van der Waals surface area contributed by atoms with Crippen molar-refractivity contribution in [3.63, 3.8) is 0 Å². The van der Waals surface area contributed by atoms with Crippen molar-refractivity contribution in [1.82, 2.24) is 0 Å². The second kappa shape index (κ2) is 31.7. The fourth-order valence-corrected chi connectivity index (χ4v) is 14.6. The van der Waals surface area contributed by atoms with Crippen LogP contribution in [0.25, 0.3) is 32.3 Å². The van der Waals surface area contributed by atoms with Crippen molar-refractivity contribution in [3.05, 3.63) is 441 Å². The largest absolute Gasteiger partial charge is 0.864 e. The number of hydrogen-bond donors (Lipinski definition) is 0. The predicted molar refractivity (Wildman–Crippen MR) is 451 cm³/mol. The van der Waals surface area contributed by atoms with Gasteiger partial charge in [0.15, 0.2) is 52.0 Å². The molecular formula is C102H75BO12. The SMILES string of the molecule is Cc1ccc(C(=O)c2c(C(=O)c3ccc(C)cc3)c(C(=O)c3ccc(C)cc3)c3ccccc3c2OB(Oc2c(C(=O)c3ccc(C)cc3)c(C(=O)c3ccc(C)cc3)c(C(=O)c3ccc(C)cc3)c3ccccc23)Oc2c(C(=O)c3ccc(C)cc3)c(C(=O)c3ccc(C)cc3)c(C(=O)c3ccc(C)cc3)c3ccccc23)cc1. The molecule has 0 N–H and O–H groups in total. The zero-order valence-electron chi connectivity index (χ0n) is 64.7. The van der Waals surface area contributed by atoms with Gasteiger partial charge in [0, 0.05) is 99.6 Å². The highest BCUT2D eigenvalue weighted by Crippen LogP contribution is 2.47. The van der Waals surface area contributed by atoms with E-state index >= 15 is 43.2 Å². The number of aryl methyl sites for hydroxylation is 9. The van der Waals surface area contributed by atoms with Gasteiger partial charge in [-0.2, -0.15) is 0 Å². The van der Waals surface area contributed by atoms with Gasteiger partial charge in [0.1, 0.15) is 17.2 Å². The lowest BCUT2D eigenvalue weighted by molar-refractivity contribution is 0.0990. The smallest absolute Gasteiger partial charge is 0.488 e. The van der Waals surface area contributed by atoms with Gasteiger partial charge in [-0.25, -0.2) is 0 Å². The van der Waals surface area contributed by atoms with E-state index in [1.165, 1.54) is 0 Å². The van der Waals surface area contributed by atoms with Crippen LogP contribution in [0.2, 0.25) is 0 Å². The van der Waals surface area contributed by atoms with E-state index in [-0.39, 0.29) is 116 Å². The normalized spacial score (nSPS) is 11.1. The summed E-state index contributed by atoms with van der Waals surface area (Å²) in [5.74, 6) is -7.90. The average Bonchev–Trinajstić information content (AvgIpc) is 0.733. The lowest BCUT2D eigenvalue weighted by Gasteiger charge is -2.27. The first-order chi connectivity index (χ1) is 55.5. The summed E-state index contributed by atoms with van der Waals surface area (Å²) in [6.07, 6.45) is 0. The molecule has 12 nitrogen and oxygen atoms in total. The van der Waals surface area contributed by atoms with Gasteiger partial charge >= 0.3 is 7.32 Å². The summed E-state index contributed by atoms with van der Waals surface area (Å²) in [4.78, 5) is 149. The van der Waals surface area contributed by atoms with E-state index in [2.05, 4.69) is 0 Å². The van der Waals surface area contributed by atoms with E-state index < -0.39 is 93.3 Å². The van der Waals surface area contributed by atoms with Crippen LogP contribution in [0.4, 0.5) is 0 Å². The Labute approximate surface area is 665 Å². The Kier molecular flexibility index (Phi) is 21.0. The first kappa shape index (κ1) is 76.0. The van der Waals surface area contributed by atoms with Crippen LogP contribution in [-0.2, 0) is 0 Å². The molecule has 115 heavy (non-hydrogen) atoms. The highest BCUT2D eigenvalue weighted by Gasteiger charge is 2.44. The minimum absolute atomic E-state index is 0.0472. The van der Waals surface area contributed by atoms with Gasteiger partial charge in [-0.05, 0) is 78.5 Å². The molecule has 0 aliphatic carbocycles. The number of ketones is 9. The van der Waals surface area contributed by atoms with Gasteiger partial charge in [0.25, 0.3) is 0 Å². The molecule has 0 heterocycles. The van der Waals surface area contributed by atoms with Gasteiger partial charge in [-0.15, -0.1) is 0 Å². The molecule has 0 unspecified atom stereocenters. The molecule has 0 bridgehead atoms. The van der Waals surface area contributed by atoms with Crippen LogP contribution >= 0.6 is 0 Å². The molecular weight excluding hydrogens is 1430 g/mol. The minimum atomic E-state index is -2.53. The van der Waals surface area contributed by atoms with Crippen molar-refractivity contribution >= 4 is 91.7 Å². The molecule has 15 aromatic carbocycles. The third-order valence-corrected chi connectivity index (χ3v) is 21.0. The molecule has 13 heteroatoms. The number of carbonyl (C=O) groups excluding carboxylic acids is 9. The van der Waals surface area contributed by atoms with E-state index in [0.717, 1.165) is 50.1 Å². The molecule has 15 aromatic rings. The number of fused-ring (bicyclic) bond motifs is 3. The molecule has 0 aliphatic rings.